The molecule has 0 radical (unpaired) electrons. The Morgan fingerprint density at radius 1 is 1.29 bits per heavy atom. The zero-order valence-electron chi connectivity index (χ0n) is 16.0. The first kappa shape index (κ1) is 19.7. The number of amides is 3. The molecule has 4 rings (SSSR count). The van der Waals surface area contributed by atoms with Gasteiger partial charge in [0.2, 0.25) is 17.4 Å². The number of anilines is 1. The van der Waals surface area contributed by atoms with Crippen LogP contribution in [0.2, 0.25) is 5.02 Å². The standard InChI is InChI=1S/C20H24ClN3O3S/c1-3-4-9-24-17(25)14-13(8-10-28-2)23-20(15(14)18(24)26)11-6-5-7-12(21)16(11)22-19(20)27/h5-7,13-15,23H,3-4,8-10H2,1-2H3,(H,22,27)/p+1/t13-,14+,15-,20+/m0/s1. The molecule has 28 heavy (non-hydrogen) atoms. The second-order valence-corrected chi connectivity index (χ2v) is 9.18. The summed E-state index contributed by atoms with van der Waals surface area (Å²) in [4.78, 5) is 41.3. The van der Waals surface area contributed by atoms with Crippen LogP contribution in [-0.4, -0.2) is 47.2 Å². The Balaban J connectivity index is 1.82. The SMILES string of the molecule is CCCCN1C(=O)[C@@H]2[C@H](CCSC)[NH2+][C@@]3(C(=O)Nc4c(Cl)cccc43)[C@@H]2C1=O. The van der Waals surface area contributed by atoms with Crippen molar-refractivity contribution in [1.29, 1.82) is 0 Å². The molecule has 1 spiro atoms. The summed E-state index contributed by atoms with van der Waals surface area (Å²) in [6.45, 7) is 2.46. The van der Waals surface area contributed by atoms with E-state index in [4.69, 9.17) is 11.6 Å². The molecule has 3 aliphatic heterocycles. The summed E-state index contributed by atoms with van der Waals surface area (Å²) in [6.07, 6.45) is 4.47. The van der Waals surface area contributed by atoms with Gasteiger partial charge >= 0.3 is 0 Å². The Bertz CT molecular complexity index is 848. The van der Waals surface area contributed by atoms with Crippen molar-refractivity contribution in [3.05, 3.63) is 28.8 Å². The topological polar surface area (TPSA) is 83.1 Å². The van der Waals surface area contributed by atoms with Crippen LogP contribution in [0.15, 0.2) is 18.2 Å². The van der Waals surface area contributed by atoms with Gasteiger partial charge in [0, 0.05) is 18.5 Å². The summed E-state index contributed by atoms with van der Waals surface area (Å²) in [7, 11) is 0. The first-order valence-corrected chi connectivity index (χ1v) is 11.5. The summed E-state index contributed by atoms with van der Waals surface area (Å²) in [5.74, 6) is -0.840. The number of halogens is 1. The minimum atomic E-state index is -1.11. The molecule has 2 saturated heterocycles. The molecule has 3 heterocycles. The molecule has 0 unspecified atom stereocenters. The number of quaternary nitrogens is 1. The molecule has 4 atom stereocenters. The van der Waals surface area contributed by atoms with Gasteiger partial charge in [-0.25, -0.2) is 0 Å². The molecule has 3 amide bonds. The summed E-state index contributed by atoms with van der Waals surface area (Å²) < 4.78 is 0. The third-order valence-electron chi connectivity index (χ3n) is 6.34. The van der Waals surface area contributed by atoms with Crippen LogP contribution in [0.25, 0.3) is 0 Å². The number of nitrogens with zero attached hydrogens (tertiary/aromatic N) is 1. The van der Waals surface area contributed by atoms with Gasteiger partial charge in [-0.1, -0.05) is 31.0 Å². The number of rotatable bonds is 6. The smallest absolute Gasteiger partial charge is 0.291 e. The minimum Gasteiger partial charge on any atom is -0.326 e. The monoisotopic (exact) mass is 422 g/mol. The van der Waals surface area contributed by atoms with Crippen LogP contribution in [0.4, 0.5) is 5.69 Å². The predicted octanol–water partition coefficient (Wildman–Crippen LogP) is 1.59. The van der Waals surface area contributed by atoms with E-state index in [1.54, 1.807) is 23.9 Å². The van der Waals surface area contributed by atoms with Crippen LogP contribution in [0.3, 0.4) is 0 Å². The molecular formula is C20H25ClN3O3S+. The fourth-order valence-corrected chi connectivity index (χ4v) is 5.80. The molecule has 150 valence electrons. The number of unbranched alkanes of at least 4 members (excludes halogenated alkanes) is 1. The number of carbonyl (C=O) groups is 3. The highest BCUT2D eigenvalue weighted by molar-refractivity contribution is 7.98. The third kappa shape index (κ3) is 2.63. The highest BCUT2D eigenvalue weighted by atomic mass is 35.5. The van der Waals surface area contributed by atoms with E-state index in [2.05, 4.69) is 5.32 Å². The molecule has 3 N–H and O–H groups in total. The van der Waals surface area contributed by atoms with Crippen molar-refractivity contribution in [3.8, 4) is 0 Å². The van der Waals surface area contributed by atoms with Crippen molar-refractivity contribution < 1.29 is 19.7 Å². The normalized spacial score (nSPS) is 30.9. The maximum absolute atomic E-state index is 13.4. The number of benzene rings is 1. The van der Waals surface area contributed by atoms with Gasteiger partial charge in [0.05, 0.1) is 10.7 Å². The lowest BCUT2D eigenvalue weighted by molar-refractivity contribution is -0.733. The minimum absolute atomic E-state index is 0.101. The maximum Gasteiger partial charge on any atom is 0.291 e. The summed E-state index contributed by atoms with van der Waals surface area (Å²) in [5.41, 5.74) is 0.189. The van der Waals surface area contributed by atoms with Crippen molar-refractivity contribution in [2.24, 2.45) is 11.8 Å². The van der Waals surface area contributed by atoms with Gasteiger partial charge in [-0.15, -0.1) is 0 Å². The van der Waals surface area contributed by atoms with Crippen molar-refractivity contribution in [2.75, 3.05) is 23.9 Å². The first-order chi connectivity index (χ1) is 13.5. The van der Waals surface area contributed by atoms with Crippen LogP contribution < -0.4 is 10.6 Å². The number of hydrogen-bond donors (Lipinski definition) is 2. The summed E-state index contributed by atoms with van der Waals surface area (Å²) in [6, 6.07) is 5.29. The van der Waals surface area contributed by atoms with Crippen molar-refractivity contribution in [2.45, 2.75) is 37.8 Å². The lowest BCUT2D eigenvalue weighted by Gasteiger charge is -2.26. The molecule has 0 bridgehead atoms. The number of imide groups is 1. The van der Waals surface area contributed by atoms with Gasteiger partial charge in [-0.2, -0.15) is 11.8 Å². The molecule has 6 nitrogen and oxygen atoms in total. The van der Waals surface area contributed by atoms with Gasteiger partial charge in [0.15, 0.2) is 0 Å². The maximum atomic E-state index is 13.4. The average Bonchev–Trinajstić information content (AvgIpc) is 3.25. The van der Waals surface area contributed by atoms with Gasteiger partial charge in [0.25, 0.3) is 5.91 Å². The van der Waals surface area contributed by atoms with E-state index >= 15 is 0 Å². The lowest BCUT2D eigenvalue weighted by Crippen LogP contribution is -2.99. The number of nitrogens with one attached hydrogen (secondary N) is 1. The van der Waals surface area contributed by atoms with Crippen LogP contribution >= 0.6 is 23.4 Å². The number of hydrogen-bond acceptors (Lipinski definition) is 4. The molecule has 1 aromatic rings. The predicted molar refractivity (Wildman–Crippen MR) is 109 cm³/mol. The highest BCUT2D eigenvalue weighted by Gasteiger charge is 2.74. The molecule has 8 heteroatoms. The van der Waals surface area contributed by atoms with Gasteiger partial charge in [0.1, 0.15) is 17.9 Å². The Hall–Kier alpha value is -1.57. The number of thioether (sulfide) groups is 1. The van der Waals surface area contributed by atoms with E-state index in [0.717, 1.165) is 30.6 Å². The van der Waals surface area contributed by atoms with Crippen LogP contribution in [0.1, 0.15) is 31.7 Å². The van der Waals surface area contributed by atoms with Crippen molar-refractivity contribution in [3.63, 3.8) is 0 Å². The summed E-state index contributed by atoms with van der Waals surface area (Å²) >= 11 is 8.04. The fraction of sp³-hybridized carbons (Fsp3) is 0.550. The average molecular weight is 423 g/mol. The second kappa shape index (κ2) is 7.35. The number of para-hydroxylation sites is 1. The first-order valence-electron chi connectivity index (χ1n) is 9.78. The van der Waals surface area contributed by atoms with Gasteiger partial charge in [-0.05, 0) is 30.6 Å². The van der Waals surface area contributed by atoms with E-state index in [9.17, 15) is 14.4 Å². The van der Waals surface area contributed by atoms with E-state index in [0.29, 0.717) is 17.3 Å². The van der Waals surface area contributed by atoms with Crippen LogP contribution in [0, 0.1) is 11.8 Å². The van der Waals surface area contributed by atoms with Crippen LogP contribution in [-0.2, 0) is 19.9 Å². The molecule has 3 aliphatic rings. The van der Waals surface area contributed by atoms with Crippen molar-refractivity contribution in [1.82, 2.24) is 4.90 Å². The lowest BCUT2D eigenvalue weighted by atomic mass is 9.76. The largest absolute Gasteiger partial charge is 0.326 e. The quantitative estimate of drug-likeness (QED) is 0.682. The molecule has 0 saturated carbocycles. The molecule has 1 aromatic carbocycles. The number of nitrogens with two attached hydrogens (primary N) is 1. The van der Waals surface area contributed by atoms with Gasteiger partial charge in [-0.3, -0.25) is 19.3 Å². The number of fused-ring (bicyclic) bond motifs is 4. The van der Waals surface area contributed by atoms with E-state index in [-0.39, 0.29) is 23.8 Å². The Kier molecular flexibility index (Phi) is 5.18. The zero-order valence-corrected chi connectivity index (χ0v) is 17.6. The van der Waals surface area contributed by atoms with E-state index in [1.165, 1.54) is 4.90 Å². The zero-order chi connectivity index (χ0) is 20.1. The number of likely N-dealkylation sites (tertiary alicyclic amines) is 1. The third-order valence-corrected chi connectivity index (χ3v) is 7.29. The van der Waals surface area contributed by atoms with E-state index in [1.807, 2.05) is 24.6 Å². The Labute approximate surface area is 173 Å². The van der Waals surface area contributed by atoms with Crippen molar-refractivity contribution >= 4 is 46.8 Å². The molecule has 0 aromatic heterocycles. The van der Waals surface area contributed by atoms with Gasteiger partial charge < -0.3 is 10.6 Å². The van der Waals surface area contributed by atoms with E-state index < -0.39 is 17.4 Å². The Morgan fingerprint density at radius 3 is 2.79 bits per heavy atom. The van der Waals surface area contributed by atoms with Crippen LogP contribution in [0.5, 0.6) is 0 Å². The Morgan fingerprint density at radius 2 is 2.07 bits per heavy atom. The number of carbonyl (C=O) groups excluding carboxylic acids is 3. The molecular weight excluding hydrogens is 398 g/mol. The second-order valence-electron chi connectivity index (χ2n) is 7.78. The molecule has 0 aliphatic carbocycles. The highest BCUT2D eigenvalue weighted by Crippen LogP contribution is 2.50. The molecule has 2 fully saturated rings. The summed E-state index contributed by atoms with van der Waals surface area (Å²) in [5, 5.41) is 5.33. The fourth-order valence-electron chi connectivity index (χ4n) is 5.07.